The van der Waals surface area contributed by atoms with Crippen LogP contribution in [0, 0.1) is 5.92 Å². The molecule has 3 rings (SSSR count). The van der Waals surface area contributed by atoms with Crippen LogP contribution >= 0.6 is 0 Å². The Kier molecular flexibility index (Phi) is 6.06. The van der Waals surface area contributed by atoms with E-state index in [4.69, 9.17) is 0 Å². The standard InChI is InChI=1S/C20H25FN2O2S/c1-23-12-11-20(18(15-23)13-16-5-3-2-4-6-16)22-14-17-7-9-19(10-8-17)26(21,24)25/h2-10,18,20,22H,11-15H2,1H3/t18-,20+/m1/s1. The van der Waals surface area contributed by atoms with E-state index in [1.807, 2.05) is 6.07 Å². The second-order valence-electron chi connectivity index (χ2n) is 7.07. The summed E-state index contributed by atoms with van der Waals surface area (Å²) in [5.74, 6) is 0.515. The molecule has 0 unspecified atom stereocenters. The molecule has 0 spiro atoms. The van der Waals surface area contributed by atoms with Gasteiger partial charge in [-0.15, -0.1) is 3.89 Å². The van der Waals surface area contributed by atoms with E-state index >= 15 is 0 Å². The lowest BCUT2D eigenvalue weighted by atomic mass is 9.86. The van der Waals surface area contributed by atoms with Crippen LogP contribution < -0.4 is 5.32 Å². The minimum atomic E-state index is -4.63. The molecule has 0 saturated carbocycles. The van der Waals surface area contributed by atoms with Gasteiger partial charge in [0.05, 0.1) is 4.90 Å². The number of nitrogens with zero attached hydrogens (tertiary/aromatic N) is 1. The molecule has 2 aromatic carbocycles. The highest BCUT2D eigenvalue weighted by molar-refractivity contribution is 7.86. The third kappa shape index (κ3) is 5.13. The molecule has 26 heavy (non-hydrogen) atoms. The zero-order valence-corrected chi connectivity index (χ0v) is 15.8. The number of piperidine rings is 1. The molecule has 0 radical (unpaired) electrons. The fraction of sp³-hybridized carbons (Fsp3) is 0.400. The summed E-state index contributed by atoms with van der Waals surface area (Å²) in [6.07, 6.45) is 2.10. The summed E-state index contributed by atoms with van der Waals surface area (Å²) < 4.78 is 34.8. The Morgan fingerprint density at radius 3 is 2.42 bits per heavy atom. The van der Waals surface area contributed by atoms with E-state index in [0.29, 0.717) is 18.5 Å². The first-order chi connectivity index (χ1) is 12.4. The molecule has 0 bridgehead atoms. The second kappa shape index (κ2) is 8.29. The van der Waals surface area contributed by atoms with E-state index in [1.54, 1.807) is 12.1 Å². The number of halogens is 1. The third-order valence-electron chi connectivity index (χ3n) is 5.05. The number of nitrogens with one attached hydrogen (secondary N) is 1. The highest BCUT2D eigenvalue weighted by atomic mass is 32.3. The average molecular weight is 376 g/mol. The van der Waals surface area contributed by atoms with Crippen molar-refractivity contribution < 1.29 is 12.3 Å². The maximum Gasteiger partial charge on any atom is 0.332 e. The fourth-order valence-corrected chi connectivity index (χ4v) is 4.09. The molecule has 1 heterocycles. The van der Waals surface area contributed by atoms with E-state index in [2.05, 4.69) is 41.5 Å². The molecule has 4 nitrogen and oxygen atoms in total. The van der Waals surface area contributed by atoms with Crippen molar-refractivity contribution in [2.45, 2.75) is 30.3 Å². The SMILES string of the molecule is CN1CC[C@H](NCc2ccc(S(=O)(=O)F)cc2)[C@H](Cc2ccccc2)C1. The van der Waals surface area contributed by atoms with Gasteiger partial charge in [-0.1, -0.05) is 42.5 Å². The van der Waals surface area contributed by atoms with E-state index in [9.17, 15) is 12.3 Å². The van der Waals surface area contributed by atoms with Gasteiger partial charge in [0.2, 0.25) is 0 Å². The lowest BCUT2D eigenvalue weighted by Crippen LogP contribution is -2.48. The van der Waals surface area contributed by atoms with Gasteiger partial charge in [0, 0.05) is 19.1 Å². The Labute approximate surface area is 155 Å². The molecule has 1 aliphatic rings. The third-order valence-corrected chi connectivity index (χ3v) is 5.89. The summed E-state index contributed by atoms with van der Waals surface area (Å²) in [5.41, 5.74) is 2.30. The summed E-state index contributed by atoms with van der Waals surface area (Å²) >= 11 is 0. The maximum atomic E-state index is 13.0. The second-order valence-corrected chi connectivity index (χ2v) is 8.42. The lowest BCUT2D eigenvalue weighted by Gasteiger charge is -2.37. The molecule has 1 N–H and O–H groups in total. The number of rotatable bonds is 6. The molecule has 2 aromatic rings. The van der Waals surface area contributed by atoms with Crippen LogP contribution in [0.5, 0.6) is 0 Å². The fourth-order valence-electron chi connectivity index (χ4n) is 3.63. The van der Waals surface area contributed by atoms with Crippen molar-refractivity contribution in [3.63, 3.8) is 0 Å². The van der Waals surface area contributed by atoms with Gasteiger partial charge in [0.25, 0.3) is 0 Å². The van der Waals surface area contributed by atoms with Gasteiger partial charge in [-0.3, -0.25) is 0 Å². The predicted octanol–water partition coefficient (Wildman–Crippen LogP) is 3.00. The molecule has 2 atom stereocenters. The number of likely N-dealkylation sites (tertiary alicyclic amines) is 1. The van der Waals surface area contributed by atoms with E-state index in [0.717, 1.165) is 31.5 Å². The van der Waals surface area contributed by atoms with Crippen molar-refractivity contribution in [2.75, 3.05) is 20.1 Å². The molecule has 1 aliphatic heterocycles. The Balaban J connectivity index is 1.63. The first kappa shape index (κ1) is 19.0. The summed E-state index contributed by atoms with van der Waals surface area (Å²) in [5, 5.41) is 3.62. The molecule has 0 aliphatic carbocycles. The van der Waals surface area contributed by atoms with Gasteiger partial charge >= 0.3 is 10.2 Å². The van der Waals surface area contributed by atoms with Crippen molar-refractivity contribution in [1.29, 1.82) is 0 Å². The summed E-state index contributed by atoms with van der Waals surface area (Å²) in [4.78, 5) is 2.08. The van der Waals surface area contributed by atoms with Gasteiger partial charge in [-0.05, 0) is 55.6 Å². The van der Waals surface area contributed by atoms with Crippen LogP contribution in [0.4, 0.5) is 3.89 Å². The summed E-state index contributed by atoms with van der Waals surface area (Å²) in [7, 11) is -2.47. The van der Waals surface area contributed by atoms with E-state index < -0.39 is 10.2 Å². The molecule has 1 saturated heterocycles. The predicted molar refractivity (Wildman–Crippen MR) is 101 cm³/mol. The molecule has 0 amide bonds. The van der Waals surface area contributed by atoms with Crippen molar-refractivity contribution in [3.8, 4) is 0 Å². The molecule has 0 aromatic heterocycles. The van der Waals surface area contributed by atoms with Gasteiger partial charge in [0.15, 0.2) is 0 Å². The molecule has 1 fully saturated rings. The number of hydrogen-bond donors (Lipinski definition) is 1. The van der Waals surface area contributed by atoms with Gasteiger partial charge in [-0.25, -0.2) is 0 Å². The van der Waals surface area contributed by atoms with Crippen LogP contribution in [0.25, 0.3) is 0 Å². The first-order valence-electron chi connectivity index (χ1n) is 8.91. The van der Waals surface area contributed by atoms with E-state index in [-0.39, 0.29) is 4.90 Å². The number of hydrogen-bond acceptors (Lipinski definition) is 4. The van der Waals surface area contributed by atoms with Crippen LogP contribution in [0.15, 0.2) is 59.5 Å². The highest BCUT2D eigenvalue weighted by Crippen LogP contribution is 2.21. The van der Waals surface area contributed by atoms with Crippen LogP contribution in [0.1, 0.15) is 17.5 Å². The average Bonchev–Trinajstić information content (AvgIpc) is 2.61. The normalized spacial score (nSPS) is 21.6. The van der Waals surface area contributed by atoms with E-state index in [1.165, 1.54) is 17.7 Å². The zero-order chi connectivity index (χ0) is 18.6. The van der Waals surface area contributed by atoms with Crippen LogP contribution in [-0.4, -0.2) is 39.5 Å². The zero-order valence-electron chi connectivity index (χ0n) is 14.9. The molecular formula is C20H25FN2O2S. The Bertz CT molecular complexity index is 809. The monoisotopic (exact) mass is 376 g/mol. The Hall–Kier alpha value is -1.76. The quantitative estimate of drug-likeness (QED) is 0.788. The molecule has 140 valence electrons. The minimum absolute atomic E-state index is 0.289. The van der Waals surface area contributed by atoms with Gasteiger partial charge < -0.3 is 10.2 Å². The number of benzene rings is 2. The van der Waals surface area contributed by atoms with Crippen LogP contribution in [-0.2, 0) is 23.2 Å². The van der Waals surface area contributed by atoms with Crippen molar-refractivity contribution in [2.24, 2.45) is 5.92 Å². The summed E-state index contributed by atoms with van der Waals surface area (Å²) in [6.45, 7) is 2.75. The smallest absolute Gasteiger partial charge is 0.310 e. The van der Waals surface area contributed by atoms with Crippen LogP contribution in [0.3, 0.4) is 0 Å². The molecule has 6 heteroatoms. The van der Waals surface area contributed by atoms with Crippen molar-refractivity contribution in [3.05, 3.63) is 65.7 Å². The minimum Gasteiger partial charge on any atom is -0.310 e. The Morgan fingerprint density at radius 1 is 1.08 bits per heavy atom. The maximum absolute atomic E-state index is 13.0. The van der Waals surface area contributed by atoms with Gasteiger partial charge in [0.1, 0.15) is 0 Å². The Morgan fingerprint density at radius 2 is 1.77 bits per heavy atom. The topological polar surface area (TPSA) is 49.4 Å². The highest BCUT2D eigenvalue weighted by Gasteiger charge is 2.27. The summed E-state index contributed by atoms with van der Waals surface area (Å²) in [6, 6.07) is 16.9. The lowest BCUT2D eigenvalue weighted by molar-refractivity contribution is 0.162. The molecular weight excluding hydrogens is 351 g/mol. The van der Waals surface area contributed by atoms with Gasteiger partial charge in [-0.2, -0.15) is 8.42 Å². The first-order valence-corrected chi connectivity index (χ1v) is 10.3. The van der Waals surface area contributed by atoms with Crippen molar-refractivity contribution in [1.82, 2.24) is 10.2 Å². The largest absolute Gasteiger partial charge is 0.332 e. The van der Waals surface area contributed by atoms with Crippen LogP contribution in [0.2, 0.25) is 0 Å². The van der Waals surface area contributed by atoms with Crippen molar-refractivity contribution >= 4 is 10.2 Å².